The number of urea groups is 1. The van der Waals surface area contributed by atoms with E-state index in [1.54, 1.807) is 54.2 Å². The molecule has 3 heterocycles. The third-order valence-electron chi connectivity index (χ3n) is 8.59. The standard InChI is InChI=1S/C33H42ClFN6O4/c1-7-10-23(34)29(35)28(19(3)8-2)26-15-16-41(33(44)40(26)5)27-12-9-11-20(4)31(42)39-24-17-21(37-32(43)45-6)13-14-22(24)25-18-36-30(27)38-25/h7,10,13-14,17-18,20,26-27H,8-9,11-12,15-16H2,1-6H3,(H,36,38)(H,37,43)(H,39,42). The van der Waals surface area contributed by atoms with Crippen molar-refractivity contribution in [3.8, 4) is 11.3 Å². The van der Waals surface area contributed by atoms with Gasteiger partial charge in [-0.1, -0.05) is 43.5 Å². The quantitative estimate of drug-likeness (QED) is 0.277. The SMILES string of the molecule is CC=CC(Cl)=C(F)C(=C(C)CC)C1CCN(C2CCCC(C)C(=O)Nc3cc(NC(=O)OC)ccc3-c3cnc2[nH]3)C(=O)N1C. The predicted octanol–water partition coefficient (Wildman–Crippen LogP) is 7.90. The van der Waals surface area contributed by atoms with Crippen LogP contribution in [0.15, 0.2) is 58.6 Å². The van der Waals surface area contributed by atoms with Gasteiger partial charge in [-0.25, -0.2) is 19.0 Å². The number of nitrogens with zero attached hydrogens (tertiary/aromatic N) is 3. The molecule has 4 amide bonds. The van der Waals surface area contributed by atoms with Gasteiger partial charge in [0.1, 0.15) is 11.7 Å². The molecule has 3 unspecified atom stereocenters. The molecule has 2 aromatic rings. The number of halogens is 2. The van der Waals surface area contributed by atoms with Gasteiger partial charge in [-0.2, -0.15) is 0 Å². The fourth-order valence-electron chi connectivity index (χ4n) is 5.89. The van der Waals surface area contributed by atoms with E-state index in [9.17, 15) is 14.4 Å². The summed E-state index contributed by atoms with van der Waals surface area (Å²) in [5.41, 5.74) is 3.57. The lowest BCUT2D eigenvalue weighted by molar-refractivity contribution is -0.119. The van der Waals surface area contributed by atoms with Crippen molar-refractivity contribution < 1.29 is 23.5 Å². The molecule has 45 heavy (non-hydrogen) atoms. The molecule has 1 aromatic heterocycles. The number of fused-ring (bicyclic) bond motifs is 4. The summed E-state index contributed by atoms with van der Waals surface area (Å²) >= 11 is 6.29. The third kappa shape index (κ3) is 7.41. The van der Waals surface area contributed by atoms with Crippen LogP contribution in [-0.2, 0) is 9.53 Å². The Balaban J connectivity index is 1.69. The summed E-state index contributed by atoms with van der Waals surface area (Å²) in [6.45, 7) is 7.86. The number of carbonyl (C=O) groups is 3. The molecule has 0 aliphatic carbocycles. The Bertz CT molecular complexity index is 1530. The summed E-state index contributed by atoms with van der Waals surface area (Å²) in [6.07, 6.45) is 7.22. The van der Waals surface area contributed by atoms with Crippen molar-refractivity contribution in [1.29, 1.82) is 0 Å². The molecule has 1 fully saturated rings. The summed E-state index contributed by atoms with van der Waals surface area (Å²) in [6, 6.07) is 4.05. The number of carbonyl (C=O) groups excluding carboxylic acids is 3. The summed E-state index contributed by atoms with van der Waals surface area (Å²) in [7, 11) is 2.97. The zero-order chi connectivity index (χ0) is 32.8. The maximum Gasteiger partial charge on any atom is 0.411 e. The number of likely N-dealkylation sites (N-methyl/N-ethyl adjacent to an activating group) is 1. The van der Waals surface area contributed by atoms with Crippen LogP contribution in [0.5, 0.6) is 0 Å². The lowest BCUT2D eigenvalue weighted by Gasteiger charge is -2.43. The second kappa shape index (κ2) is 14.8. The molecule has 3 atom stereocenters. The number of benzene rings is 1. The highest BCUT2D eigenvalue weighted by Crippen LogP contribution is 2.38. The predicted molar refractivity (Wildman–Crippen MR) is 174 cm³/mol. The van der Waals surface area contributed by atoms with E-state index in [-0.39, 0.29) is 28.9 Å². The molecule has 4 rings (SSSR count). The number of amides is 4. The smallest absolute Gasteiger partial charge is 0.411 e. The lowest BCUT2D eigenvalue weighted by atomic mass is 9.92. The van der Waals surface area contributed by atoms with E-state index in [0.29, 0.717) is 72.7 Å². The number of H-pyrrole nitrogens is 1. The van der Waals surface area contributed by atoms with E-state index in [0.717, 1.165) is 5.57 Å². The van der Waals surface area contributed by atoms with Gasteiger partial charge in [-0.3, -0.25) is 10.1 Å². The van der Waals surface area contributed by atoms with Gasteiger partial charge < -0.3 is 24.8 Å². The summed E-state index contributed by atoms with van der Waals surface area (Å²) < 4.78 is 20.4. The molecule has 1 saturated heterocycles. The van der Waals surface area contributed by atoms with Crippen molar-refractivity contribution >= 4 is 41.0 Å². The molecule has 1 aromatic carbocycles. The van der Waals surface area contributed by atoms with Crippen LogP contribution in [-0.4, -0.2) is 64.5 Å². The van der Waals surface area contributed by atoms with E-state index in [1.165, 1.54) is 13.2 Å². The first-order chi connectivity index (χ1) is 21.5. The fraction of sp³-hybridized carbons (Fsp3) is 0.455. The maximum atomic E-state index is 15.7. The first-order valence-electron chi connectivity index (χ1n) is 15.3. The van der Waals surface area contributed by atoms with Crippen LogP contribution >= 0.6 is 11.6 Å². The van der Waals surface area contributed by atoms with Crippen LogP contribution < -0.4 is 10.6 Å². The Hall–Kier alpha value is -4.12. The van der Waals surface area contributed by atoms with Crippen molar-refractivity contribution in [2.75, 3.05) is 31.3 Å². The Kier molecular flexibility index (Phi) is 11.1. The highest BCUT2D eigenvalue weighted by molar-refractivity contribution is 6.31. The Morgan fingerprint density at radius 3 is 2.71 bits per heavy atom. The number of imidazole rings is 1. The topological polar surface area (TPSA) is 120 Å². The number of ether oxygens (including phenoxy) is 1. The van der Waals surface area contributed by atoms with Crippen molar-refractivity contribution in [3.05, 3.63) is 64.4 Å². The number of aromatic nitrogens is 2. The van der Waals surface area contributed by atoms with Gasteiger partial charge in [-0.15, -0.1) is 0 Å². The minimum absolute atomic E-state index is 0.0117. The van der Waals surface area contributed by atoms with Crippen LogP contribution in [0.4, 0.5) is 25.4 Å². The van der Waals surface area contributed by atoms with Crippen molar-refractivity contribution in [1.82, 2.24) is 19.8 Å². The lowest BCUT2D eigenvalue weighted by Crippen LogP contribution is -2.54. The normalized spacial score (nSPS) is 22.1. The van der Waals surface area contributed by atoms with E-state index >= 15 is 4.39 Å². The van der Waals surface area contributed by atoms with Crippen LogP contribution in [0, 0.1) is 5.92 Å². The summed E-state index contributed by atoms with van der Waals surface area (Å²) in [5.74, 6) is -0.348. The van der Waals surface area contributed by atoms with Gasteiger partial charge in [0.05, 0.1) is 41.8 Å². The molecule has 242 valence electrons. The number of rotatable bonds is 6. The molecule has 2 bridgehead atoms. The molecular weight excluding hydrogens is 599 g/mol. The maximum absolute atomic E-state index is 15.7. The van der Waals surface area contributed by atoms with Crippen LogP contribution in [0.25, 0.3) is 11.3 Å². The number of anilines is 2. The highest BCUT2D eigenvalue weighted by Gasteiger charge is 2.39. The Labute approximate surface area is 268 Å². The van der Waals surface area contributed by atoms with Gasteiger partial charge in [0.25, 0.3) is 0 Å². The summed E-state index contributed by atoms with van der Waals surface area (Å²) in [5, 5.41) is 5.64. The van der Waals surface area contributed by atoms with Crippen molar-refractivity contribution in [2.45, 2.75) is 71.9 Å². The fourth-order valence-corrected chi connectivity index (χ4v) is 6.11. The molecule has 12 heteroatoms. The molecule has 0 radical (unpaired) electrons. The molecule has 3 N–H and O–H groups in total. The van der Waals surface area contributed by atoms with E-state index in [2.05, 4.69) is 15.6 Å². The Morgan fingerprint density at radius 2 is 2.02 bits per heavy atom. The number of allylic oxidation sites excluding steroid dienone is 4. The zero-order valence-electron chi connectivity index (χ0n) is 26.7. The first-order valence-corrected chi connectivity index (χ1v) is 15.6. The van der Waals surface area contributed by atoms with Gasteiger partial charge >= 0.3 is 12.1 Å². The van der Waals surface area contributed by atoms with Gasteiger partial charge in [0, 0.05) is 36.3 Å². The molecule has 0 spiro atoms. The highest BCUT2D eigenvalue weighted by atomic mass is 35.5. The van der Waals surface area contributed by atoms with E-state index in [1.807, 2.05) is 20.8 Å². The Morgan fingerprint density at radius 1 is 1.27 bits per heavy atom. The van der Waals surface area contributed by atoms with Gasteiger partial charge in [0.15, 0.2) is 0 Å². The molecule has 2 aliphatic rings. The third-order valence-corrected chi connectivity index (χ3v) is 8.88. The van der Waals surface area contributed by atoms with E-state index < -0.39 is 18.0 Å². The number of aromatic amines is 1. The summed E-state index contributed by atoms with van der Waals surface area (Å²) in [4.78, 5) is 50.5. The van der Waals surface area contributed by atoms with Crippen LogP contribution in [0.2, 0.25) is 0 Å². The zero-order valence-corrected chi connectivity index (χ0v) is 27.4. The monoisotopic (exact) mass is 640 g/mol. The average Bonchev–Trinajstić information content (AvgIpc) is 3.51. The van der Waals surface area contributed by atoms with E-state index in [4.69, 9.17) is 21.3 Å². The second-order valence-corrected chi connectivity index (χ2v) is 11.9. The van der Waals surface area contributed by atoms with Gasteiger partial charge in [-0.05, 0) is 63.8 Å². The molecule has 0 saturated carbocycles. The minimum atomic E-state index is -0.625. The second-order valence-electron chi connectivity index (χ2n) is 11.5. The van der Waals surface area contributed by atoms with Crippen LogP contribution in [0.1, 0.15) is 71.7 Å². The van der Waals surface area contributed by atoms with Crippen molar-refractivity contribution in [2.24, 2.45) is 5.92 Å². The molecule has 10 nitrogen and oxygen atoms in total. The number of hydrogen-bond donors (Lipinski definition) is 3. The van der Waals surface area contributed by atoms with Crippen molar-refractivity contribution in [3.63, 3.8) is 0 Å². The number of nitrogens with one attached hydrogen (secondary N) is 3. The number of methoxy groups -OCH3 is 1. The first kappa shape index (κ1) is 33.8. The number of hydrogen-bond acceptors (Lipinski definition) is 5. The molecule has 2 aliphatic heterocycles. The van der Waals surface area contributed by atoms with Gasteiger partial charge in [0.2, 0.25) is 5.91 Å². The average molecular weight is 641 g/mol. The molecular formula is C33H42ClFN6O4. The minimum Gasteiger partial charge on any atom is -0.453 e. The largest absolute Gasteiger partial charge is 0.453 e. The van der Waals surface area contributed by atoms with Crippen LogP contribution in [0.3, 0.4) is 0 Å².